The molecule has 0 radical (unpaired) electrons. The topological polar surface area (TPSA) is 24.1 Å². The summed E-state index contributed by atoms with van der Waals surface area (Å²) in [5.74, 6) is 0. The summed E-state index contributed by atoms with van der Waals surface area (Å²) in [5.41, 5.74) is -0.524. The smallest absolute Gasteiger partial charge is 0.318 e. The molecular formula is C9H21F3N2. The lowest BCUT2D eigenvalue weighted by molar-refractivity contribution is -0.128. The molecule has 0 saturated carbocycles. The van der Waals surface area contributed by atoms with Crippen molar-refractivity contribution < 1.29 is 13.2 Å². The molecule has 0 heterocycles. The number of likely N-dealkylation sites (N-methyl/N-ethyl adjacent to an activating group) is 1. The molecule has 88 valence electrons. The van der Waals surface area contributed by atoms with Crippen LogP contribution < -0.4 is 10.6 Å². The van der Waals surface area contributed by atoms with Crippen LogP contribution in [0.1, 0.15) is 27.7 Å². The van der Waals surface area contributed by atoms with Crippen molar-refractivity contribution >= 4 is 0 Å². The molecule has 0 rings (SSSR count). The fourth-order valence-corrected chi connectivity index (χ4v) is 0.844. The molecule has 0 aromatic rings. The Hall–Kier alpha value is -0.290. The molecular weight excluding hydrogens is 193 g/mol. The molecule has 0 aromatic carbocycles. The van der Waals surface area contributed by atoms with Crippen molar-refractivity contribution in [1.29, 1.82) is 0 Å². The fourth-order valence-electron chi connectivity index (χ4n) is 0.844. The van der Waals surface area contributed by atoms with E-state index in [9.17, 15) is 13.2 Å². The SMILES string of the molecule is CC.CNCC(C)(C)NCC(F)(F)F. The van der Waals surface area contributed by atoms with Gasteiger partial charge in [0, 0.05) is 12.1 Å². The predicted octanol–water partition coefficient (Wildman–Crippen LogP) is 2.16. The van der Waals surface area contributed by atoms with E-state index < -0.39 is 18.3 Å². The minimum absolute atomic E-state index is 0.503. The van der Waals surface area contributed by atoms with Gasteiger partial charge in [0.05, 0.1) is 6.54 Å². The van der Waals surface area contributed by atoms with Gasteiger partial charge in [-0.1, -0.05) is 13.8 Å². The summed E-state index contributed by atoms with van der Waals surface area (Å²) in [6.45, 7) is 7.00. The predicted molar refractivity (Wildman–Crippen MR) is 53.4 cm³/mol. The van der Waals surface area contributed by atoms with E-state index in [4.69, 9.17) is 0 Å². The van der Waals surface area contributed by atoms with Crippen molar-refractivity contribution in [3.05, 3.63) is 0 Å². The van der Waals surface area contributed by atoms with Gasteiger partial charge in [-0.05, 0) is 20.9 Å². The van der Waals surface area contributed by atoms with Crippen molar-refractivity contribution in [1.82, 2.24) is 10.6 Å². The lowest BCUT2D eigenvalue weighted by Crippen LogP contribution is -2.50. The molecule has 0 bridgehead atoms. The highest BCUT2D eigenvalue weighted by Crippen LogP contribution is 2.14. The molecule has 5 heteroatoms. The Balaban J connectivity index is 0. The Kier molecular flexibility index (Phi) is 8.15. The summed E-state index contributed by atoms with van der Waals surface area (Å²) in [6, 6.07) is 0. The minimum atomic E-state index is -4.13. The molecule has 2 N–H and O–H groups in total. The van der Waals surface area contributed by atoms with Crippen LogP contribution in [0.2, 0.25) is 0 Å². The van der Waals surface area contributed by atoms with E-state index >= 15 is 0 Å². The number of rotatable bonds is 4. The summed E-state index contributed by atoms with van der Waals surface area (Å²) in [5, 5.41) is 5.23. The standard InChI is InChI=1S/C7H15F3N2.C2H6/c1-6(2,4-11-3)12-5-7(8,9)10;1-2/h11-12H,4-5H2,1-3H3;1-2H3. The molecule has 0 fully saturated rings. The Labute approximate surface area is 84.3 Å². The first kappa shape index (κ1) is 16.2. The molecule has 0 unspecified atom stereocenters. The van der Waals surface area contributed by atoms with Gasteiger partial charge in [0.1, 0.15) is 0 Å². The second kappa shape index (κ2) is 7.06. The van der Waals surface area contributed by atoms with Crippen LogP contribution in [0.15, 0.2) is 0 Å². The van der Waals surface area contributed by atoms with Crippen LogP contribution >= 0.6 is 0 Å². The monoisotopic (exact) mass is 214 g/mol. The fraction of sp³-hybridized carbons (Fsp3) is 1.00. The van der Waals surface area contributed by atoms with Crippen molar-refractivity contribution in [2.24, 2.45) is 0 Å². The van der Waals surface area contributed by atoms with Crippen LogP contribution in [-0.4, -0.2) is 31.9 Å². The number of alkyl halides is 3. The van der Waals surface area contributed by atoms with Crippen LogP contribution in [0, 0.1) is 0 Å². The summed E-state index contributed by atoms with van der Waals surface area (Å²) in [4.78, 5) is 0. The Bertz CT molecular complexity index is 133. The summed E-state index contributed by atoms with van der Waals surface area (Å²) in [7, 11) is 1.71. The van der Waals surface area contributed by atoms with Gasteiger partial charge in [-0.15, -0.1) is 0 Å². The molecule has 0 amide bonds. The van der Waals surface area contributed by atoms with E-state index in [1.54, 1.807) is 20.9 Å². The number of nitrogens with one attached hydrogen (secondary N) is 2. The Morgan fingerprint density at radius 1 is 1.00 bits per heavy atom. The van der Waals surface area contributed by atoms with Gasteiger partial charge in [-0.2, -0.15) is 13.2 Å². The molecule has 0 aliphatic rings. The van der Waals surface area contributed by atoms with E-state index in [2.05, 4.69) is 10.6 Å². The molecule has 14 heavy (non-hydrogen) atoms. The lowest BCUT2D eigenvalue weighted by atomic mass is 10.1. The maximum Gasteiger partial charge on any atom is 0.401 e. The highest BCUT2D eigenvalue weighted by molar-refractivity contribution is 4.80. The van der Waals surface area contributed by atoms with Gasteiger partial charge < -0.3 is 10.6 Å². The van der Waals surface area contributed by atoms with Crippen molar-refractivity contribution in [3.8, 4) is 0 Å². The van der Waals surface area contributed by atoms with Crippen molar-refractivity contribution in [3.63, 3.8) is 0 Å². The van der Waals surface area contributed by atoms with Gasteiger partial charge in [0.15, 0.2) is 0 Å². The van der Waals surface area contributed by atoms with Crippen LogP contribution in [0.5, 0.6) is 0 Å². The average molecular weight is 214 g/mol. The van der Waals surface area contributed by atoms with Crippen LogP contribution in [-0.2, 0) is 0 Å². The van der Waals surface area contributed by atoms with Crippen LogP contribution in [0.25, 0.3) is 0 Å². The van der Waals surface area contributed by atoms with Crippen molar-refractivity contribution in [2.45, 2.75) is 39.4 Å². The first-order chi connectivity index (χ1) is 6.27. The van der Waals surface area contributed by atoms with E-state index in [-0.39, 0.29) is 0 Å². The van der Waals surface area contributed by atoms with Gasteiger partial charge in [-0.3, -0.25) is 0 Å². The maximum atomic E-state index is 11.7. The number of hydrogen-bond donors (Lipinski definition) is 2. The van der Waals surface area contributed by atoms with E-state index in [1.165, 1.54) is 0 Å². The summed E-state index contributed by atoms with van der Waals surface area (Å²) < 4.78 is 35.2. The van der Waals surface area contributed by atoms with E-state index in [1.807, 2.05) is 13.8 Å². The second-order valence-electron chi connectivity index (χ2n) is 3.38. The quantitative estimate of drug-likeness (QED) is 0.749. The average Bonchev–Trinajstić information content (AvgIpc) is 2.04. The number of halogens is 3. The normalized spacial score (nSPS) is 12.0. The molecule has 0 saturated heterocycles. The van der Waals surface area contributed by atoms with Crippen molar-refractivity contribution in [2.75, 3.05) is 20.1 Å². The first-order valence-corrected chi connectivity index (χ1v) is 4.73. The number of hydrogen-bond acceptors (Lipinski definition) is 2. The third-order valence-electron chi connectivity index (χ3n) is 1.39. The molecule has 0 aliphatic heterocycles. The van der Waals surface area contributed by atoms with Gasteiger partial charge in [-0.25, -0.2) is 0 Å². The molecule has 2 nitrogen and oxygen atoms in total. The zero-order valence-electron chi connectivity index (χ0n) is 9.55. The highest BCUT2D eigenvalue weighted by Gasteiger charge is 2.30. The van der Waals surface area contributed by atoms with Crippen LogP contribution in [0.4, 0.5) is 13.2 Å². The zero-order chi connectivity index (χ0) is 11.8. The zero-order valence-corrected chi connectivity index (χ0v) is 9.55. The Morgan fingerprint density at radius 3 is 1.71 bits per heavy atom. The molecule has 0 aliphatic carbocycles. The van der Waals surface area contributed by atoms with E-state index in [0.717, 1.165) is 0 Å². The lowest BCUT2D eigenvalue weighted by Gasteiger charge is -2.26. The highest BCUT2D eigenvalue weighted by atomic mass is 19.4. The summed E-state index contributed by atoms with van der Waals surface area (Å²) >= 11 is 0. The minimum Gasteiger partial charge on any atom is -0.318 e. The molecule has 0 atom stereocenters. The largest absolute Gasteiger partial charge is 0.401 e. The summed E-state index contributed by atoms with van der Waals surface area (Å²) in [6.07, 6.45) is -4.13. The van der Waals surface area contributed by atoms with Gasteiger partial charge in [0.25, 0.3) is 0 Å². The third-order valence-corrected chi connectivity index (χ3v) is 1.39. The van der Waals surface area contributed by atoms with Gasteiger partial charge in [0.2, 0.25) is 0 Å². The second-order valence-corrected chi connectivity index (χ2v) is 3.38. The van der Waals surface area contributed by atoms with E-state index in [0.29, 0.717) is 6.54 Å². The van der Waals surface area contributed by atoms with Crippen LogP contribution in [0.3, 0.4) is 0 Å². The third kappa shape index (κ3) is 11.7. The molecule has 0 spiro atoms. The van der Waals surface area contributed by atoms with Gasteiger partial charge >= 0.3 is 6.18 Å². The Morgan fingerprint density at radius 2 is 1.43 bits per heavy atom. The first-order valence-electron chi connectivity index (χ1n) is 4.73. The molecule has 0 aromatic heterocycles. The maximum absolute atomic E-state index is 11.7.